The van der Waals surface area contributed by atoms with Gasteiger partial charge < -0.3 is 14.2 Å². The summed E-state index contributed by atoms with van der Waals surface area (Å²) in [5.41, 5.74) is 2.13. The fraction of sp³-hybridized carbons (Fsp3) is 0.188. The van der Waals surface area contributed by atoms with Crippen molar-refractivity contribution in [3.63, 3.8) is 0 Å². The van der Waals surface area contributed by atoms with Gasteiger partial charge in [0.1, 0.15) is 11.5 Å². The highest BCUT2D eigenvalue weighted by atomic mass is 35.5. The van der Waals surface area contributed by atoms with Crippen LogP contribution < -0.4 is 9.47 Å². The summed E-state index contributed by atoms with van der Waals surface area (Å²) in [6.07, 6.45) is 0. The first-order valence-corrected chi connectivity index (χ1v) is 6.58. The minimum absolute atomic E-state index is 0.410. The molecule has 0 unspecified atom stereocenters. The average molecular weight is 307 g/mol. The molecule has 0 spiro atoms. The van der Waals surface area contributed by atoms with Crippen molar-refractivity contribution in [2.75, 3.05) is 21.3 Å². The van der Waals surface area contributed by atoms with Crippen molar-refractivity contribution < 1.29 is 19.0 Å². The minimum Gasteiger partial charge on any atom is -0.496 e. The van der Waals surface area contributed by atoms with E-state index in [0.717, 1.165) is 11.1 Å². The van der Waals surface area contributed by atoms with Gasteiger partial charge in [0, 0.05) is 5.56 Å². The Labute approximate surface area is 128 Å². The Hall–Kier alpha value is -2.20. The third kappa shape index (κ3) is 3.11. The van der Waals surface area contributed by atoms with Gasteiger partial charge in [0.15, 0.2) is 0 Å². The van der Waals surface area contributed by atoms with Crippen molar-refractivity contribution in [2.24, 2.45) is 0 Å². The summed E-state index contributed by atoms with van der Waals surface area (Å²) in [6.45, 7) is 0. The number of rotatable bonds is 4. The smallest absolute Gasteiger partial charge is 0.337 e. The van der Waals surface area contributed by atoms with Crippen LogP contribution in [-0.4, -0.2) is 27.3 Å². The Balaban J connectivity index is 2.48. The Morgan fingerprint density at radius 1 is 0.952 bits per heavy atom. The fourth-order valence-corrected chi connectivity index (χ4v) is 2.27. The van der Waals surface area contributed by atoms with Crippen LogP contribution in [0, 0.1) is 0 Å². The molecule has 5 heteroatoms. The van der Waals surface area contributed by atoms with Gasteiger partial charge in [-0.2, -0.15) is 0 Å². The molecule has 0 aromatic heterocycles. The van der Waals surface area contributed by atoms with E-state index in [4.69, 9.17) is 25.8 Å². The summed E-state index contributed by atoms with van der Waals surface area (Å²) in [6, 6.07) is 10.6. The first kappa shape index (κ1) is 15.2. The molecule has 21 heavy (non-hydrogen) atoms. The third-order valence-corrected chi connectivity index (χ3v) is 3.38. The first-order valence-electron chi connectivity index (χ1n) is 6.21. The van der Waals surface area contributed by atoms with E-state index in [0.29, 0.717) is 22.1 Å². The monoisotopic (exact) mass is 306 g/mol. The lowest BCUT2D eigenvalue weighted by Crippen LogP contribution is -2.02. The number of hydrogen-bond donors (Lipinski definition) is 0. The molecule has 4 nitrogen and oxygen atoms in total. The molecule has 0 heterocycles. The highest BCUT2D eigenvalue weighted by Crippen LogP contribution is 2.35. The number of ether oxygens (including phenoxy) is 3. The zero-order chi connectivity index (χ0) is 15.4. The molecule has 0 atom stereocenters. The van der Waals surface area contributed by atoms with Crippen LogP contribution in [-0.2, 0) is 4.74 Å². The number of hydrogen-bond acceptors (Lipinski definition) is 4. The van der Waals surface area contributed by atoms with Crippen molar-refractivity contribution in [3.8, 4) is 22.6 Å². The molecule has 2 rings (SSSR count). The number of methoxy groups -OCH3 is 3. The number of carbonyl (C=O) groups excluding carboxylic acids is 1. The van der Waals surface area contributed by atoms with Gasteiger partial charge in [-0.1, -0.05) is 17.7 Å². The van der Waals surface area contributed by atoms with Crippen LogP contribution in [0.5, 0.6) is 11.5 Å². The zero-order valence-corrected chi connectivity index (χ0v) is 12.7. The molecule has 0 amide bonds. The standard InChI is InChI=1S/C16H15ClO4/c1-19-14-7-5-10(8-13(14)17)12-6-4-11(16(18)21-3)9-15(12)20-2/h4-9H,1-3H3. The number of esters is 1. The summed E-state index contributed by atoms with van der Waals surface area (Å²) in [4.78, 5) is 11.6. The molecule has 0 aliphatic rings. The van der Waals surface area contributed by atoms with E-state index in [-0.39, 0.29) is 0 Å². The van der Waals surface area contributed by atoms with Gasteiger partial charge in [0.2, 0.25) is 0 Å². The van der Waals surface area contributed by atoms with Crippen molar-refractivity contribution in [3.05, 3.63) is 47.0 Å². The first-order chi connectivity index (χ1) is 10.1. The molecule has 110 valence electrons. The van der Waals surface area contributed by atoms with Gasteiger partial charge in [-0.3, -0.25) is 0 Å². The Morgan fingerprint density at radius 2 is 1.67 bits per heavy atom. The van der Waals surface area contributed by atoms with Crippen LogP contribution in [0.25, 0.3) is 11.1 Å². The van der Waals surface area contributed by atoms with Gasteiger partial charge in [-0.15, -0.1) is 0 Å². The van der Waals surface area contributed by atoms with Crippen LogP contribution in [0.1, 0.15) is 10.4 Å². The normalized spacial score (nSPS) is 10.1. The summed E-state index contributed by atoms with van der Waals surface area (Å²) in [7, 11) is 4.45. The van der Waals surface area contributed by atoms with E-state index < -0.39 is 5.97 Å². The van der Waals surface area contributed by atoms with Crippen LogP contribution in [0.2, 0.25) is 5.02 Å². The van der Waals surface area contributed by atoms with Crippen molar-refractivity contribution >= 4 is 17.6 Å². The molecule has 0 radical (unpaired) electrons. The van der Waals surface area contributed by atoms with Gasteiger partial charge >= 0.3 is 5.97 Å². The fourth-order valence-electron chi connectivity index (χ4n) is 2.01. The lowest BCUT2D eigenvalue weighted by Gasteiger charge is -2.11. The maximum Gasteiger partial charge on any atom is 0.337 e. The van der Waals surface area contributed by atoms with Crippen molar-refractivity contribution in [1.82, 2.24) is 0 Å². The van der Waals surface area contributed by atoms with Crippen LogP contribution in [0.4, 0.5) is 0 Å². The summed E-state index contributed by atoms with van der Waals surface area (Å²) in [5.74, 6) is 0.761. The molecule has 0 saturated heterocycles. The average Bonchev–Trinajstić information content (AvgIpc) is 2.53. The molecule has 0 N–H and O–H groups in total. The quantitative estimate of drug-likeness (QED) is 0.806. The summed E-state index contributed by atoms with van der Waals surface area (Å²) < 4.78 is 15.2. The van der Waals surface area contributed by atoms with Gasteiger partial charge in [0.25, 0.3) is 0 Å². The number of halogens is 1. The van der Waals surface area contributed by atoms with E-state index in [1.807, 2.05) is 6.07 Å². The topological polar surface area (TPSA) is 44.8 Å². The summed E-state index contributed by atoms with van der Waals surface area (Å²) in [5, 5.41) is 0.508. The van der Waals surface area contributed by atoms with Crippen molar-refractivity contribution in [2.45, 2.75) is 0 Å². The Morgan fingerprint density at radius 3 is 2.24 bits per heavy atom. The lowest BCUT2D eigenvalue weighted by molar-refractivity contribution is 0.0600. The molecule has 0 saturated carbocycles. The molecule has 0 aliphatic carbocycles. The van der Waals surface area contributed by atoms with Crippen LogP contribution >= 0.6 is 11.6 Å². The minimum atomic E-state index is -0.410. The van der Waals surface area contributed by atoms with E-state index >= 15 is 0 Å². The second kappa shape index (κ2) is 6.50. The molecule has 2 aromatic rings. The Kier molecular flexibility index (Phi) is 4.70. The van der Waals surface area contributed by atoms with E-state index in [1.54, 1.807) is 44.6 Å². The Bertz CT molecular complexity index is 667. The van der Waals surface area contributed by atoms with E-state index in [9.17, 15) is 4.79 Å². The molecule has 0 aliphatic heterocycles. The molecule has 2 aromatic carbocycles. The molecular formula is C16H15ClO4. The molecular weight excluding hydrogens is 292 g/mol. The maximum absolute atomic E-state index is 11.6. The summed E-state index contributed by atoms with van der Waals surface area (Å²) >= 11 is 6.14. The second-order valence-electron chi connectivity index (χ2n) is 4.26. The van der Waals surface area contributed by atoms with Gasteiger partial charge in [-0.25, -0.2) is 4.79 Å². The zero-order valence-electron chi connectivity index (χ0n) is 12.0. The van der Waals surface area contributed by atoms with Gasteiger partial charge in [0.05, 0.1) is 31.9 Å². The van der Waals surface area contributed by atoms with Crippen LogP contribution in [0.3, 0.4) is 0 Å². The SMILES string of the molecule is COC(=O)c1ccc(-c2ccc(OC)c(Cl)c2)c(OC)c1. The third-order valence-electron chi connectivity index (χ3n) is 3.09. The predicted molar refractivity (Wildman–Crippen MR) is 81.3 cm³/mol. The van der Waals surface area contributed by atoms with E-state index in [2.05, 4.69) is 0 Å². The highest BCUT2D eigenvalue weighted by molar-refractivity contribution is 6.32. The van der Waals surface area contributed by atoms with E-state index in [1.165, 1.54) is 7.11 Å². The molecule has 0 fully saturated rings. The van der Waals surface area contributed by atoms with Crippen LogP contribution in [0.15, 0.2) is 36.4 Å². The maximum atomic E-state index is 11.6. The highest BCUT2D eigenvalue weighted by Gasteiger charge is 2.13. The van der Waals surface area contributed by atoms with Crippen molar-refractivity contribution in [1.29, 1.82) is 0 Å². The predicted octanol–water partition coefficient (Wildman–Crippen LogP) is 3.81. The van der Waals surface area contributed by atoms with Gasteiger partial charge in [-0.05, 0) is 35.9 Å². The second-order valence-corrected chi connectivity index (χ2v) is 4.66. The molecule has 0 bridgehead atoms. The largest absolute Gasteiger partial charge is 0.496 e. The lowest BCUT2D eigenvalue weighted by atomic mass is 10.0. The number of carbonyl (C=O) groups is 1. The number of benzene rings is 2.